The molecule has 0 atom stereocenters. The Labute approximate surface area is 148 Å². The maximum absolute atomic E-state index is 12.2. The van der Waals surface area contributed by atoms with E-state index in [1.165, 1.54) is 10.9 Å². The Morgan fingerprint density at radius 3 is 2.56 bits per heavy atom. The third-order valence-electron chi connectivity index (χ3n) is 3.53. The van der Waals surface area contributed by atoms with Gasteiger partial charge in [0.05, 0.1) is 6.20 Å². The number of aldehydes is 1. The number of hydrogen-bond donors (Lipinski definition) is 0. The van der Waals surface area contributed by atoms with Crippen LogP contribution in [-0.2, 0) is 18.1 Å². The zero-order valence-corrected chi connectivity index (χ0v) is 15.9. The van der Waals surface area contributed by atoms with E-state index < -0.39 is 13.5 Å². The van der Waals surface area contributed by atoms with Crippen LogP contribution in [0.2, 0.25) is 25.7 Å². The van der Waals surface area contributed by atoms with Crippen molar-refractivity contribution in [2.75, 3.05) is 6.61 Å². The first-order chi connectivity index (χ1) is 11.9. The van der Waals surface area contributed by atoms with Crippen molar-refractivity contribution in [2.45, 2.75) is 39.0 Å². The largest absolute Gasteiger partial charge is 0.483 e. The summed E-state index contributed by atoms with van der Waals surface area (Å²) in [6, 6.07) is 10.5. The SMILES string of the molecule is C[Si](C)(C)CCOCn1cc(OCc2ccccc2)c(=O)c(C=O)n1. The molecule has 7 heteroatoms. The molecule has 0 saturated carbocycles. The second kappa shape index (κ2) is 8.73. The molecule has 0 saturated heterocycles. The summed E-state index contributed by atoms with van der Waals surface area (Å²) in [6.45, 7) is 7.86. The van der Waals surface area contributed by atoms with Crippen LogP contribution in [0, 0.1) is 0 Å². The van der Waals surface area contributed by atoms with Gasteiger partial charge in [0.1, 0.15) is 13.3 Å². The van der Waals surface area contributed by atoms with Gasteiger partial charge in [-0.1, -0.05) is 50.0 Å². The van der Waals surface area contributed by atoms with Crippen LogP contribution in [0.15, 0.2) is 41.3 Å². The Hall–Kier alpha value is -2.25. The van der Waals surface area contributed by atoms with Gasteiger partial charge in [0, 0.05) is 14.7 Å². The molecule has 1 heterocycles. The Kier molecular flexibility index (Phi) is 6.66. The molecular formula is C18H24N2O4Si. The molecule has 0 radical (unpaired) electrons. The molecule has 0 aliphatic heterocycles. The zero-order chi connectivity index (χ0) is 18.3. The van der Waals surface area contributed by atoms with Crippen LogP contribution in [0.4, 0.5) is 0 Å². The van der Waals surface area contributed by atoms with E-state index in [-0.39, 0.29) is 24.8 Å². The van der Waals surface area contributed by atoms with Gasteiger partial charge in [-0.05, 0) is 11.6 Å². The molecule has 2 aromatic rings. The molecule has 0 fully saturated rings. The predicted octanol–water partition coefficient (Wildman–Crippen LogP) is 2.95. The van der Waals surface area contributed by atoms with Gasteiger partial charge in [-0.2, -0.15) is 5.10 Å². The lowest BCUT2D eigenvalue weighted by Gasteiger charge is -2.16. The van der Waals surface area contributed by atoms with Gasteiger partial charge in [0.25, 0.3) is 5.43 Å². The average Bonchev–Trinajstić information content (AvgIpc) is 2.58. The van der Waals surface area contributed by atoms with Gasteiger partial charge in [-0.15, -0.1) is 0 Å². The minimum absolute atomic E-state index is 0.0924. The summed E-state index contributed by atoms with van der Waals surface area (Å²) in [6.07, 6.45) is 1.92. The van der Waals surface area contributed by atoms with Crippen molar-refractivity contribution in [2.24, 2.45) is 0 Å². The minimum Gasteiger partial charge on any atom is -0.483 e. The van der Waals surface area contributed by atoms with E-state index in [1.807, 2.05) is 30.3 Å². The molecule has 2 rings (SSSR count). The first-order valence-electron chi connectivity index (χ1n) is 8.20. The molecule has 0 amide bonds. The van der Waals surface area contributed by atoms with Crippen molar-refractivity contribution >= 4 is 14.4 Å². The van der Waals surface area contributed by atoms with E-state index in [9.17, 15) is 9.59 Å². The van der Waals surface area contributed by atoms with Crippen molar-refractivity contribution in [1.29, 1.82) is 0 Å². The Morgan fingerprint density at radius 2 is 1.92 bits per heavy atom. The van der Waals surface area contributed by atoms with E-state index in [1.54, 1.807) is 0 Å². The number of aromatic nitrogens is 2. The summed E-state index contributed by atoms with van der Waals surface area (Å²) in [4.78, 5) is 23.3. The van der Waals surface area contributed by atoms with Crippen molar-refractivity contribution < 1.29 is 14.3 Å². The monoisotopic (exact) mass is 360 g/mol. The molecular weight excluding hydrogens is 336 g/mol. The van der Waals surface area contributed by atoms with Crippen molar-refractivity contribution in [3.63, 3.8) is 0 Å². The summed E-state index contributed by atoms with van der Waals surface area (Å²) in [5.41, 5.74) is 0.243. The molecule has 0 aliphatic rings. The van der Waals surface area contributed by atoms with Gasteiger partial charge in [0.2, 0.25) is 0 Å². The van der Waals surface area contributed by atoms with Gasteiger partial charge in [0.15, 0.2) is 17.7 Å². The Morgan fingerprint density at radius 1 is 1.20 bits per heavy atom. The summed E-state index contributed by atoms with van der Waals surface area (Å²) >= 11 is 0. The van der Waals surface area contributed by atoms with Gasteiger partial charge >= 0.3 is 0 Å². The van der Waals surface area contributed by atoms with Crippen molar-refractivity contribution in [3.05, 3.63) is 58.0 Å². The summed E-state index contributed by atoms with van der Waals surface area (Å²) in [7, 11) is -1.17. The molecule has 0 N–H and O–H groups in total. The Balaban J connectivity index is 2.05. The van der Waals surface area contributed by atoms with E-state index >= 15 is 0 Å². The van der Waals surface area contributed by atoms with Gasteiger partial charge in [-0.3, -0.25) is 9.59 Å². The van der Waals surface area contributed by atoms with Gasteiger partial charge in [-0.25, -0.2) is 4.68 Å². The summed E-state index contributed by atoms with van der Waals surface area (Å²) < 4.78 is 12.6. The number of carbonyl (C=O) groups is 1. The molecule has 0 spiro atoms. The Bertz CT molecular complexity index is 754. The zero-order valence-electron chi connectivity index (χ0n) is 14.9. The molecule has 0 unspecified atom stereocenters. The smallest absolute Gasteiger partial charge is 0.252 e. The lowest BCUT2D eigenvalue weighted by Crippen LogP contribution is -2.23. The van der Waals surface area contributed by atoms with E-state index in [4.69, 9.17) is 9.47 Å². The van der Waals surface area contributed by atoms with Crippen LogP contribution >= 0.6 is 0 Å². The second-order valence-corrected chi connectivity index (χ2v) is 12.6. The first-order valence-corrected chi connectivity index (χ1v) is 11.9. The summed E-state index contributed by atoms with van der Waals surface area (Å²) in [5, 5.41) is 3.98. The fourth-order valence-electron chi connectivity index (χ4n) is 2.05. The third-order valence-corrected chi connectivity index (χ3v) is 5.23. The fraction of sp³-hybridized carbons (Fsp3) is 0.389. The molecule has 25 heavy (non-hydrogen) atoms. The number of hydrogen-bond acceptors (Lipinski definition) is 5. The molecule has 1 aromatic carbocycles. The highest BCUT2D eigenvalue weighted by Gasteiger charge is 2.13. The maximum Gasteiger partial charge on any atom is 0.252 e. The lowest BCUT2D eigenvalue weighted by molar-refractivity contribution is 0.0756. The predicted molar refractivity (Wildman–Crippen MR) is 98.8 cm³/mol. The lowest BCUT2D eigenvalue weighted by atomic mass is 10.2. The van der Waals surface area contributed by atoms with Crippen LogP contribution in [0.5, 0.6) is 5.75 Å². The molecule has 1 aromatic heterocycles. The quantitative estimate of drug-likeness (QED) is 0.391. The number of nitrogens with zero attached hydrogens (tertiary/aromatic N) is 2. The normalized spacial score (nSPS) is 11.3. The maximum atomic E-state index is 12.2. The fourth-order valence-corrected chi connectivity index (χ4v) is 2.81. The second-order valence-electron chi connectivity index (χ2n) is 6.99. The molecule has 134 valence electrons. The van der Waals surface area contributed by atoms with Crippen molar-refractivity contribution in [1.82, 2.24) is 9.78 Å². The number of ether oxygens (including phenoxy) is 2. The number of carbonyl (C=O) groups excluding carboxylic acids is 1. The first kappa shape index (κ1) is 19.1. The highest BCUT2D eigenvalue weighted by molar-refractivity contribution is 6.76. The van der Waals surface area contributed by atoms with E-state index in [0.717, 1.165) is 11.6 Å². The van der Waals surface area contributed by atoms with E-state index in [2.05, 4.69) is 24.7 Å². The highest BCUT2D eigenvalue weighted by atomic mass is 28.3. The van der Waals surface area contributed by atoms with E-state index in [0.29, 0.717) is 12.9 Å². The standard InChI is InChI=1S/C18H24N2O4Si/c1-25(2,3)10-9-23-14-20-11-17(18(22)16(12-21)19-20)24-13-15-7-5-4-6-8-15/h4-8,11-12H,9-10,13-14H2,1-3H3. The molecule has 0 aliphatic carbocycles. The average molecular weight is 360 g/mol. The number of benzene rings is 1. The minimum atomic E-state index is -1.17. The van der Waals surface area contributed by atoms with Gasteiger partial charge < -0.3 is 9.47 Å². The van der Waals surface area contributed by atoms with Crippen LogP contribution < -0.4 is 10.2 Å². The highest BCUT2D eigenvalue weighted by Crippen LogP contribution is 2.10. The van der Waals surface area contributed by atoms with Crippen molar-refractivity contribution in [3.8, 4) is 5.75 Å². The molecule has 6 nitrogen and oxygen atoms in total. The van der Waals surface area contributed by atoms with Crippen LogP contribution in [0.25, 0.3) is 0 Å². The number of rotatable bonds is 9. The van der Waals surface area contributed by atoms with Crippen LogP contribution in [0.1, 0.15) is 16.1 Å². The summed E-state index contributed by atoms with van der Waals surface area (Å²) in [5.74, 6) is 0.0924. The topological polar surface area (TPSA) is 70.4 Å². The van der Waals surface area contributed by atoms with Crippen LogP contribution in [0.3, 0.4) is 0 Å². The van der Waals surface area contributed by atoms with Crippen LogP contribution in [-0.4, -0.2) is 30.7 Å². The third kappa shape index (κ3) is 6.28. The molecule has 0 bridgehead atoms.